The molecule has 0 radical (unpaired) electrons. The molecule has 0 spiro atoms. The highest BCUT2D eigenvalue weighted by Gasteiger charge is 2.15. The van der Waals surface area contributed by atoms with Crippen LogP contribution in [-0.2, 0) is 22.6 Å². The molecule has 1 saturated heterocycles. The summed E-state index contributed by atoms with van der Waals surface area (Å²) in [5.74, 6) is 0.842. The van der Waals surface area contributed by atoms with Crippen LogP contribution in [0.4, 0.5) is 0 Å². The molecular formula is C20H34IN3O2. The quantitative estimate of drug-likeness (QED) is 0.358. The molecule has 1 aliphatic rings. The van der Waals surface area contributed by atoms with Gasteiger partial charge in [-0.3, -0.25) is 0 Å². The fourth-order valence-corrected chi connectivity index (χ4v) is 2.65. The number of halogens is 1. The van der Waals surface area contributed by atoms with Crippen molar-refractivity contribution < 1.29 is 9.47 Å². The fraction of sp³-hybridized carbons (Fsp3) is 0.650. The van der Waals surface area contributed by atoms with E-state index in [2.05, 4.69) is 62.6 Å². The maximum Gasteiger partial charge on any atom is 0.191 e. The van der Waals surface area contributed by atoms with E-state index >= 15 is 0 Å². The Kier molecular flexibility index (Phi) is 10.5. The van der Waals surface area contributed by atoms with Crippen LogP contribution in [0.25, 0.3) is 0 Å². The van der Waals surface area contributed by atoms with Crippen molar-refractivity contribution in [2.45, 2.75) is 65.4 Å². The van der Waals surface area contributed by atoms with E-state index < -0.39 is 0 Å². The Bertz CT molecular complexity index is 552. The standard InChI is InChI=1S/C20H33N3O2.HI/c1-5-21-19(23-14-18-10-7-11-24-18)22-13-16-8-6-9-17(12-16)15-25-20(2,3)4;/h6,8-9,12,18H,5,7,10-11,13-15H2,1-4H3,(H2,21,22,23);1H. The van der Waals surface area contributed by atoms with Gasteiger partial charge in [-0.25, -0.2) is 4.99 Å². The molecule has 5 nitrogen and oxygen atoms in total. The lowest BCUT2D eigenvalue weighted by Gasteiger charge is -2.19. The van der Waals surface area contributed by atoms with E-state index in [9.17, 15) is 0 Å². The molecule has 2 rings (SSSR count). The van der Waals surface area contributed by atoms with Gasteiger partial charge in [0.25, 0.3) is 0 Å². The third kappa shape index (κ3) is 9.19. The SMILES string of the molecule is CCNC(=NCc1cccc(COC(C)(C)C)c1)NCC1CCCO1.I. The van der Waals surface area contributed by atoms with E-state index in [4.69, 9.17) is 14.5 Å². The maximum absolute atomic E-state index is 5.86. The van der Waals surface area contributed by atoms with E-state index in [1.165, 1.54) is 11.1 Å². The van der Waals surface area contributed by atoms with E-state index in [1.807, 2.05) is 0 Å². The number of hydrogen-bond donors (Lipinski definition) is 2. The third-order valence-corrected chi connectivity index (χ3v) is 3.95. The van der Waals surface area contributed by atoms with Crippen molar-refractivity contribution in [3.05, 3.63) is 35.4 Å². The zero-order chi connectivity index (χ0) is 18.1. The van der Waals surface area contributed by atoms with Crippen LogP contribution < -0.4 is 10.6 Å². The summed E-state index contributed by atoms with van der Waals surface area (Å²) in [7, 11) is 0. The summed E-state index contributed by atoms with van der Waals surface area (Å²) in [4.78, 5) is 4.69. The Morgan fingerprint density at radius 3 is 2.69 bits per heavy atom. The van der Waals surface area contributed by atoms with Gasteiger partial charge in [0, 0.05) is 19.7 Å². The molecule has 0 saturated carbocycles. The van der Waals surface area contributed by atoms with Gasteiger partial charge in [-0.15, -0.1) is 24.0 Å². The summed E-state index contributed by atoms with van der Waals surface area (Å²) < 4.78 is 11.5. The van der Waals surface area contributed by atoms with E-state index in [0.717, 1.165) is 38.5 Å². The Hall–Kier alpha value is -0.860. The summed E-state index contributed by atoms with van der Waals surface area (Å²) >= 11 is 0. The highest BCUT2D eigenvalue weighted by molar-refractivity contribution is 14.0. The molecule has 0 aliphatic carbocycles. The lowest BCUT2D eigenvalue weighted by Crippen LogP contribution is -2.41. The van der Waals surface area contributed by atoms with Gasteiger partial charge in [-0.05, 0) is 51.7 Å². The monoisotopic (exact) mass is 475 g/mol. The summed E-state index contributed by atoms with van der Waals surface area (Å²) in [6.45, 7) is 12.1. The van der Waals surface area contributed by atoms with Crippen molar-refractivity contribution in [1.82, 2.24) is 10.6 Å². The molecule has 1 unspecified atom stereocenters. The first kappa shape index (κ1) is 23.2. The number of nitrogens with zero attached hydrogens (tertiary/aromatic N) is 1. The van der Waals surface area contributed by atoms with Crippen LogP contribution in [0, 0.1) is 0 Å². The smallest absolute Gasteiger partial charge is 0.191 e. The van der Waals surface area contributed by atoms with Crippen LogP contribution in [0.3, 0.4) is 0 Å². The van der Waals surface area contributed by atoms with Gasteiger partial charge in [0.15, 0.2) is 5.96 Å². The molecular weight excluding hydrogens is 441 g/mol. The number of hydrogen-bond acceptors (Lipinski definition) is 3. The van der Waals surface area contributed by atoms with Gasteiger partial charge >= 0.3 is 0 Å². The van der Waals surface area contributed by atoms with Crippen molar-refractivity contribution in [3.8, 4) is 0 Å². The molecule has 6 heteroatoms. The van der Waals surface area contributed by atoms with Crippen molar-refractivity contribution in [2.24, 2.45) is 4.99 Å². The fourth-order valence-electron chi connectivity index (χ4n) is 2.65. The minimum Gasteiger partial charge on any atom is -0.376 e. The van der Waals surface area contributed by atoms with Crippen LogP contribution in [-0.4, -0.2) is 37.4 Å². The normalized spacial score (nSPS) is 17.7. The Labute approximate surface area is 175 Å². The molecule has 26 heavy (non-hydrogen) atoms. The molecule has 1 atom stereocenters. The molecule has 1 aliphatic heterocycles. The first-order valence-electron chi connectivity index (χ1n) is 9.32. The van der Waals surface area contributed by atoms with E-state index in [1.54, 1.807) is 0 Å². The second-order valence-corrected chi connectivity index (χ2v) is 7.43. The van der Waals surface area contributed by atoms with Crippen molar-refractivity contribution in [3.63, 3.8) is 0 Å². The zero-order valence-corrected chi connectivity index (χ0v) is 18.8. The van der Waals surface area contributed by atoms with Crippen molar-refractivity contribution in [1.29, 1.82) is 0 Å². The highest BCUT2D eigenvalue weighted by Crippen LogP contribution is 2.14. The van der Waals surface area contributed by atoms with Crippen molar-refractivity contribution >= 4 is 29.9 Å². The Morgan fingerprint density at radius 2 is 2.04 bits per heavy atom. The van der Waals surface area contributed by atoms with Crippen molar-refractivity contribution in [2.75, 3.05) is 19.7 Å². The second kappa shape index (κ2) is 11.8. The summed E-state index contributed by atoms with van der Waals surface area (Å²) in [6.07, 6.45) is 2.59. The minimum atomic E-state index is -0.126. The predicted octanol–water partition coefficient (Wildman–Crippen LogP) is 3.85. The molecule has 148 valence electrons. The summed E-state index contributed by atoms with van der Waals surface area (Å²) in [6, 6.07) is 8.44. The number of benzene rings is 1. The van der Waals surface area contributed by atoms with E-state index in [-0.39, 0.29) is 29.6 Å². The van der Waals surface area contributed by atoms with Crippen LogP contribution in [0.5, 0.6) is 0 Å². The van der Waals surface area contributed by atoms with Gasteiger partial charge < -0.3 is 20.1 Å². The number of guanidine groups is 1. The first-order valence-corrected chi connectivity index (χ1v) is 9.32. The van der Waals surface area contributed by atoms with Gasteiger partial charge in [-0.2, -0.15) is 0 Å². The van der Waals surface area contributed by atoms with Crippen LogP contribution in [0.1, 0.15) is 51.7 Å². The predicted molar refractivity (Wildman–Crippen MR) is 118 cm³/mol. The van der Waals surface area contributed by atoms with E-state index in [0.29, 0.717) is 19.3 Å². The Balaban J connectivity index is 0.00000338. The Morgan fingerprint density at radius 1 is 1.27 bits per heavy atom. The van der Waals surface area contributed by atoms with Gasteiger partial charge in [-0.1, -0.05) is 24.3 Å². The van der Waals surface area contributed by atoms with Gasteiger partial charge in [0.2, 0.25) is 0 Å². The van der Waals surface area contributed by atoms with Crippen LogP contribution >= 0.6 is 24.0 Å². The maximum atomic E-state index is 5.86. The zero-order valence-electron chi connectivity index (χ0n) is 16.5. The second-order valence-electron chi connectivity index (χ2n) is 7.43. The molecule has 0 amide bonds. The molecule has 1 fully saturated rings. The number of nitrogens with one attached hydrogen (secondary N) is 2. The summed E-state index contributed by atoms with van der Waals surface area (Å²) in [5, 5.41) is 6.68. The highest BCUT2D eigenvalue weighted by atomic mass is 127. The van der Waals surface area contributed by atoms with Gasteiger partial charge in [0.1, 0.15) is 0 Å². The van der Waals surface area contributed by atoms with Crippen LogP contribution in [0.2, 0.25) is 0 Å². The molecule has 2 N–H and O–H groups in total. The summed E-state index contributed by atoms with van der Waals surface area (Å²) in [5.41, 5.74) is 2.24. The third-order valence-electron chi connectivity index (χ3n) is 3.95. The lowest BCUT2D eigenvalue weighted by molar-refractivity contribution is -0.0149. The first-order chi connectivity index (χ1) is 12.0. The molecule has 1 aromatic rings. The number of ether oxygens (including phenoxy) is 2. The largest absolute Gasteiger partial charge is 0.376 e. The molecule has 1 heterocycles. The minimum absolute atomic E-state index is 0. The molecule has 0 aromatic heterocycles. The molecule has 1 aromatic carbocycles. The number of aliphatic imine (C=N–C) groups is 1. The topological polar surface area (TPSA) is 54.9 Å². The average Bonchev–Trinajstić information content (AvgIpc) is 3.09. The number of rotatable bonds is 7. The lowest BCUT2D eigenvalue weighted by atomic mass is 10.1. The van der Waals surface area contributed by atoms with Gasteiger partial charge in [0.05, 0.1) is 24.9 Å². The molecule has 0 bridgehead atoms. The van der Waals surface area contributed by atoms with Crippen LogP contribution in [0.15, 0.2) is 29.3 Å². The average molecular weight is 475 g/mol.